The summed E-state index contributed by atoms with van der Waals surface area (Å²) in [6.07, 6.45) is 0. The molecule has 0 radical (unpaired) electrons. The minimum Gasteiger partial charge on any atom is -0.487 e. The smallest absolute Gasteiger partial charge is 0.255 e. The molecule has 0 atom stereocenters. The molecule has 3 aromatic rings. The van der Waals surface area contributed by atoms with Crippen LogP contribution in [0.1, 0.15) is 21.7 Å². The molecule has 2 aromatic carbocycles. The van der Waals surface area contributed by atoms with Crippen molar-refractivity contribution in [3.05, 3.63) is 59.4 Å². The van der Waals surface area contributed by atoms with Gasteiger partial charge >= 0.3 is 0 Å². The van der Waals surface area contributed by atoms with Gasteiger partial charge in [0.25, 0.3) is 5.91 Å². The molecule has 0 aliphatic carbocycles. The van der Waals surface area contributed by atoms with Crippen LogP contribution in [0.2, 0.25) is 0 Å². The van der Waals surface area contributed by atoms with Crippen LogP contribution >= 0.6 is 11.7 Å². The lowest BCUT2D eigenvalue weighted by molar-refractivity contribution is 0.102. The largest absolute Gasteiger partial charge is 0.487 e. The number of carbonyl (C=O) groups is 1. The molecule has 0 unspecified atom stereocenters. The van der Waals surface area contributed by atoms with Crippen molar-refractivity contribution in [3.8, 4) is 17.2 Å². The molecule has 8 heteroatoms. The third-order valence-corrected chi connectivity index (χ3v) is 4.53. The van der Waals surface area contributed by atoms with Gasteiger partial charge in [-0.3, -0.25) is 4.79 Å². The van der Waals surface area contributed by atoms with Crippen LogP contribution in [-0.2, 0) is 6.61 Å². The van der Waals surface area contributed by atoms with E-state index in [2.05, 4.69) is 14.1 Å². The fourth-order valence-corrected chi connectivity index (χ4v) is 2.96. The van der Waals surface area contributed by atoms with Gasteiger partial charge in [0.05, 0.1) is 17.4 Å². The van der Waals surface area contributed by atoms with Crippen molar-refractivity contribution >= 4 is 23.3 Å². The third kappa shape index (κ3) is 3.45. The number of anilines is 1. The zero-order valence-electron chi connectivity index (χ0n) is 13.9. The number of ether oxygens (including phenoxy) is 3. The molecule has 4 rings (SSSR count). The average Bonchev–Trinajstić information content (AvgIpc) is 3.28. The van der Waals surface area contributed by atoms with E-state index >= 15 is 0 Å². The summed E-state index contributed by atoms with van der Waals surface area (Å²) in [5.74, 6) is 1.75. The van der Waals surface area contributed by atoms with Crippen molar-refractivity contribution in [1.82, 2.24) is 8.75 Å². The maximum Gasteiger partial charge on any atom is 0.255 e. The lowest BCUT2D eigenvalue weighted by Gasteiger charge is -2.08. The van der Waals surface area contributed by atoms with E-state index in [1.165, 1.54) is 11.7 Å². The Labute approximate surface area is 153 Å². The first-order chi connectivity index (χ1) is 12.7. The summed E-state index contributed by atoms with van der Waals surface area (Å²) in [7, 11) is 0. The Morgan fingerprint density at radius 1 is 1.15 bits per heavy atom. The Morgan fingerprint density at radius 2 is 1.96 bits per heavy atom. The molecule has 0 saturated carbocycles. The standard InChI is InChI=1S/C18H15N3O4S/c1-11-15(21-26-20-11)9-23-14-5-2-12(3-6-14)18(22)19-13-4-7-16-17(8-13)25-10-24-16/h2-8H,9-10H2,1H3,(H,19,22). The first-order valence-electron chi connectivity index (χ1n) is 7.91. The number of fused-ring (bicyclic) bond motifs is 1. The van der Waals surface area contributed by atoms with E-state index in [-0.39, 0.29) is 12.7 Å². The van der Waals surface area contributed by atoms with Crippen LogP contribution < -0.4 is 19.5 Å². The van der Waals surface area contributed by atoms with Crippen molar-refractivity contribution in [3.63, 3.8) is 0 Å². The first-order valence-corrected chi connectivity index (χ1v) is 8.64. The number of nitrogens with zero attached hydrogens (tertiary/aromatic N) is 2. The van der Waals surface area contributed by atoms with Gasteiger partial charge in [-0.2, -0.15) is 8.75 Å². The molecule has 7 nitrogen and oxygen atoms in total. The second-order valence-corrected chi connectivity index (χ2v) is 6.16. The highest BCUT2D eigenvalue weighted by molar-refractivity contribution is 6.99. The summed E-state index contributed by atoms with van der Waals surface area (Å²) in [5.41, 5.74) is 2.86. The van der Waals surface area contributed by atoms with Gasteiger partial charge in [0.1, 0.15) is 18.1 Å². The monoisotopic (exact) mass is 369 g/mol. The molecular formula is C18H15N3O4S. The minimum atomic E-state index is -0.213. The van der Waals surface area contributed by atoms with E-state index in [1.54, 1.807) is 42.5 Å². The molecular weight excluding hydrogens is 354 g/mol. The molecule has 0 fully saturated rings. The zero-order valence-corrected chi connectivity index (χ0v) is 14.7. The Bertz CT molecular complexity index is 940. The SMILES string of the molecule is Cc1nsnc1COc1ccc(C(=O)Nc2ccc3c(c2)OCO3)cc1. The van der Waals surface area contributed by atoms with E-state index in [0.29, 0.717) is 35.1 Å². The Hall–Kier alpha value is -3.13. The van der Waals surface area contributed by atoms with Crippen LogP contribution in [0.15, 0.2) is 42.5 Å². The quantitative estimate of drug-likeness (QED) is 0.742. The maximum atomic E-state index is 12.4. The van der Waals surface area contributed by atoms with Crippen LogP contribution in [-0.4, -0.2) is 21.4 Å². The number of benzene rings is 2. The number of carbonyl (C=O) groups excluding carboxylic acids is 1. The summed E-state index contributed by atoms with van der Waals surface area (Å²) < 4.78 is 24.5. The number of amides is 1. The second kappa shape index (κ2) is 7.01. The van der Waals surface area contributed by atoms with Crippen LogP contribution in [0, 0.1) is 6.92 Å². The predicted molar refractivity (Wildman–Crippen MR) is 95.9 cm³/mol. The maximum absolute atomic E-state index is 12.4. The Morgan fingerprint density at radius 3 is 2.73 bits per heavy atom. The number of rotatable bonds is 5. The first kappa shape index (κ1) is 16.3. The van der Waals surface area contributed by atoms with E-state index < -0.39 is 0 Å². The molecule has 1 N–H and O–H groups in total. The van der Waals surface area contributed by atoms with E-state index in [4.69, 9.17) is 14.2 Å². The summed E-state index contributed by atoms with van der Waals surface area (Å²) in [6, 6.07) is 12.2. The minimum absolute atomic E-state index is 0.199. The van der Waals surface area contributed by atoms with Gasteiger partial charge in [0, 0.05) is 17.3 Å². The topological polar surface area (TPSA) is 82.6 Å². The van der Waals surface area contributed by atoms with Crippen molar-refractivity contribution < 1.29 is 19.0 Å². The van der Waals surface area contributed by atoms with Gasteiger partial charge in [0.15, 0.2) is 11.5 Å². The molecule has 0 spiro atoms. The highest BCUT2D eigenvalue weighted by Crippen LogP contribution is 2.34. The fraction of sp³-hybridized carbons (Fsp3) is 0.167. The fourth-order valence-electron chi connectivity index (χ4n) is 2.41. The molecule has 26 heavy (non-hydrogen) atoms. The summed E-state index contributed by atoms with van der Waals surface area (Å²) in [5, 5.41) is 2.84. The Balaban J connectivity index is 1.38. The van der Waals surface area contributed by atoms with E-state index in [9.17, 15) is 4.79 Å². The van der Waals surface area contributed by atoms with Crippen LogP contribution in [0.5, 0.6) is 17.2 Å². The molecule has 1 aliphatic rings. The van der Waals surface area contributed by atoms with Crippen molar-refractivity contribution in [2.75, 3.05) is 12.1 Å². The predicted octanol–water partition coefficient (Wildman–Crippen LogP) is 3.41. The second-order valence-electron chi connectivity index (χ2n) is 5.63. The highest BCUT2D eigenvalue weighted by Gasteiger charge is 2.14. The number of aryl methyl sites for hydroxylation is 1. The molecule has 1 aromatic heterocycles. The van der Waals surface area contributed by atoms with Gasteiger partial charge in [-0.05, 0) is 43.3 Å². The van der Waals surface area contributed by atoms with Crippen LogP contribution in [0.4, 0.5) is 5.69 Å². The molecule has 132 valence electrons. The van der Waals surface area contributed by atoms with E-state index in [0.717, 1.165) is 11.4 Å². The average molecular weight is 369 g/mol. The van der Waals surface area contributed by atoms with Crippen LogP contribution in [0.25, 0.3) is 0 Å². The van der Waals surface area contributed by atoms with Crippen molar-refractivity contribution in [2.24, 2.45) is 0 Å². The zero-order chi connectivity index (χ0) is 17.9. The van der Waals surface area contributed by atoms with Gasteiger partial charge < -0.3 is 19.5 Å². The summed E-state index contributed by atoms with van der Waals surface area (Å²) in [4.78, 5) is 12.4. The Kier molecular flexibility index (Phi) is 4.40. The van der Waals surface area contributed by atoms with Crippen molar-refractivity contribution in [2.45, 2.75) is 13.5 Å². The number of hydrogen-bond donors (Lipinski definition) is 1. The molecule has 0 bridgehead atoms. The normalized spacial score (nSPS) is 12.0. The van der Waals surface area contributed by atoms with Crippen molar-refractivity contribution in [1.29, 1.82) is 0 Å². The number of nitrogens with one attached hydrogen (secondary N) is 1. The van der Waals surface area contributed by atoms with Gasteiger partial charge in [-0.1, -0.05) is 0 Å². The van der Waals surface area contributed by atoms with E-state index in [1.807, 2.05) is 6.92 Å². The van der Waals surface area contributed by atoms with Gasteiger partial charge in [-0.25, -0.2) is 0 Å². The lowest BCUT2D eigenvalue weighted by Crippen LogP contribution is -2.11. The van der Waals surface area contributed by atoms with Gasteiger partial charge in [-0.15, -0.1) is 0 Å². The molecule has 0 saturated heterocycles. The summed E-state index contributed by atoms with van der Waals surface area (Å²) >= 11 is 1.17. The van der Waals surface area contributed by atoms with Gasteiger partial charge in [0.2, 0.25) is 6.79 Å². The van der Waals surface area contributed by atoms with Crippen LogP contribution in [0.3, 0.4) is 0 Å². The molecule has 1 amide bonds. The summed E-state index contributed by atoms with van der Waals surface area (Å²) in [6.45, 7) is 2.45. The highest BCUT2D eigenvalue weighted by atomic mass is 32.1. The number of hydrogen-bond acceptors (Lipinski definition) is 7. The third-order valence-electron chi connectivity index (χ3n) is 3.87. The lowest BCUT2D eigenvalue weighted by atomic mass is 10.2. The molecule has 1 aliphatic heterocycles. The molecule has 2 heterocycles. The number of aromatic nitrogens is 2.